The lowest BCUT2D eigenvalue weighted by Crippen LogP contribution is -2.35. The Kier molecular flexibility index (Phi) is 3.82. The second-order valence-corrected chi connectivity index (χ2v) is 6.26. The molecule has 2 aromatic heterocycles. The van der Waals surface area contributed by atoms with Gasteiger partial charge in [0.1, 0.15) is 0 Å². The van der Waals surface area contributed by atoms with Gasteiger partial charge in [-0.2, -0.15) is 0 Å². The first-order valence-corrected chi connectivity index (χ1v) is 8.02. The topological polar surface area (TPSA) is 58.4 Å². The summed E-state index contributed by atoms with van der Waals surface area (Å²) in [5, 5.41) is 12.0. The summed E-state index contributed by atoms with van der Waals surface area (Å²) in [6.07, 6.45) is 3.84. The van der Waals surface area contributed by atoms with Crippen molar-refractivity contribution >= 4 is 17.2 Å². The molecule has 3 rings (SSSR count). The maximum Gasteiger partial charge on any atom is 0.256 e. The molecule has 1 aliphatic rings. The third-order valence-electron chi connectivity index (χ3n) is 3.86. The summed E-state index contributed by atoms with van der Waals surface area (Å²) < 4.78 is 2.02. The number of carbonyl (C=O) groups is 1. The summed E-state index contributed by atoms with van der Waals surface area (Å²) in [5.74, 6) is 0.0162. The van der Waals surface area contributed by atoms with Gasteiger partial charge in [0.2, 0.25) is 0 Å². The number of amides is 1. The fourth-order valence-electron chi connectivity index (χ4n) is 2.70. The lowest BCUT2D eigenvalue weighted by molar-refractivity contribution is 0.0707. The quantitative estimate of drug-likeness (QED) is 0.921. The van der Waals surface area contributed by atoms with Crippen LogP contribution >= 0.6 is 11.3 Å². The van der Waals surface area contributed by atoms with E-state index in [1.54, 1.807) is 22.4 Å². The second kappa shape index (κ2) is 5.61. The van der Waals surface area contributed by atoms with Gasteiger partial charge in [-0.15, -0.1) is 11.3 Å². The van der Waals surface area contributed by atoms with Gasteiger partial charge in [0.25, 0.3) is 5.91 Å². The van der Waals surface area contributed by atoms with Crippen LogP contribution in [0.15, 0.2) is 17.6 Å². The van der Waals surface area contributed by atoms with Crippen molar-refractivity contribution < 1.29 is 9.90 Å². The van der Waals surface area contributed by atoms with Gasteiger partial charge >= 0.3 is 0 Å². The largest absolute Gasteiger partial charge is 0.395 e. The first-order valence-electron chi connectivity index (χ1n) is 7.14. The van der Waals surface area contributed by atoms with Crippen LogP contribution in [-0.2, 0) is 0 Å². The number of rotatable bonds is 5. The van der Waals surface area contributed by atoms with Crippen LogP contribution in [0.5, 0.6) is 0 Å². The number of aromatic nitrogens is 2. The van der Waals surface area contributed by atoms with Gasteiger partial charge in [0.15, 0.2) is 5.13 Å². The van der Waals surface area contributed by atoms with Gasteiger partial charge in [-0.3, -0.25) is 9.36 Å². The fourth-order valence-corrected chi connectivity index (χ4v) is 3.45. The van der Waals surface area contributed by atoms with Crippen LogP contribution in [0.1, 0.15) is 34.6 Å². The minimum absolute atomic E-state index is 0.00740. The summed E-state index contributed by atoms with van der Waals surface area (Å²) in [4.78, 5) is 18.9. The molecule has 2 heterocycles. The molecule has 0 radical (unpaired) electrons. The standard InChI is InChI=1S/C15H19N3O2S/c1-10-9-13(11(2)18(10)15-16-5-8-21-15)14(20)17(6-7-19)12-3-4-12/h5,8-9,12,19H,3-4,6-7H2,1-2H3. The Morgan fingerprint density at radius 3 is 2.86 bits per heavy atom. The van der Waals surface area contributed by atoms with E-state index in [9.17, 15) is 9.90 Å². The van der Waals surface area contributed by atoms with E-state index in [2.05, 4.69) is 4.98 Å². The molecule has 112 valence electrons. The molecule has 21 heavy (non-hydrogen) atoms. The molecule has 0 aliphatic heterocycles. The van der Waals surface area contributed by atoms with Crippen LogP contribution in [0.2, 0.25) is 0 Å². The van der Waals surface area contributed by atoms with Gasteiger partial charge in [-0.1, -0.05) is 0 Å². The average Bonchev–Trinajstić information content (AvgIpc) is 3.08. The summed E-state index contributed by atoms with van der Waals surface area (Å²) in [5.41, 5.74) is 2.63. The van der Waals surface area contributed by atoms with E-state index in [-0.39, 0.29) is 12.5 Å². The van der Waals surface area contributed by atoms with Crippen molar-refractivity contribution in [2.75, 3.05) is 13.2 Å². The first kappa shape index (κ1) is 14.3. The zero-order valence-electron chi connectivity index (χ0n) is 12.2. The van der Waals surface area contributed by atoms with Crippen LogP contribution in [0.25, 0.3) is 5.13 Å². The molecule has 5 nitrogen and oxygen atoms in total. The Bertz CT molecular complexity index is 644. The number of carbonyl (C=O) groups excluding carboxylic acids is 1. The Labute approximate surface area is 127 Å². The average molecular weight is 305 g/mol. The first-order chi connectivity index (χ1) is 10.1. The molecule has 2 aromatic rings. The van der Waals surface area contributed by atoms with Crippen molar-refractivity contribution in [3.8, 4) is 5.13 Å². The lowest BCUT2D eigenvalue weighted by Gasteiger charge is -2.21. The van der Waals surface area contributed by atoms with E-state index in [0.717, 1.165) is 29.4 Å². The second-order valence-electron chi connectivity index (χ2n) is 5.39. The van der Waals surface area contributed by atoms with E-state index in [4.69, 9.17) is 0 Å². The minimum Gasteiger partial charge on any atom is -0.395 e. The number of hydrogen-bond acceptors (Lipinski definition) is 4. The van der Waals surface area contributed by atoms with Crippen molar-refractivity contribution in [1.29, 1.82) is 0 Å². The molecule has 1 aliphatic carbocycles. The number of thiazole rings is 1. The van der Waals surface area contributed by atoms with E-state index < -0.39 is 0 Å². The van der Waals surface area contributed by atoms with Crippen molar-refractivity contribution in [3.05, 3.63) is 34.6 Å². The van der Waals surface area contributed by atoms with Gasteiger partial charge in [0, 0.05) is 35.6 Å². The monoisotopic (exact) mass is 305 g/mol. The lowest BCUT2D eigenvalue weighted by atomic mass is 10.2. The van der Waals surface area contributed by atoms with Crippen molar-refractivity contribution in [1.82, 2.24) is 14.5 Å². The summed E-state index contributed by atoms with van der Waals surface area (Å²) >= 11 is 1.55. The van der Waals surface area contributed by atoms with Gasteiger partial charge in [-0.05, 0) is 32.8 Å². The molecule has 1 saturated carbocycles. The summed E-state index contributed by atoms with van der Waals surface area (Å²) in [7, 11) is 0. The Morgan fingerprint density at radius 2 is 2.29 bits per heavy atom. The maximum atomic E-state index is 12.8. The van der Waals surface area contributed by atoms with Crippen molar-refractivity contribution in [3.63, 3.8) is 0 Å². The van der Waals surface area contributed by atoms with Gasteiger partial charge in [-0.25, -0.2) is 4.98 Å². The molecule has 1 fully saturated rings. The van der Waals surface area contributed by atoms with Crippen molar-refractivity contribution in [2.24, 2.45) is 0 Å². The molecule has 0 aromatic carbocycles. The van der Waals surface area contributed by atoms with E-state index in [0.29, 0.717) is 18.2 Å². The number of aliphatic hydroxyl groups is 1. The molecular formula is C15H19N3O2S. The highest BCUT2D eigenvalue weighted by molar-refractivity contribution is 7.12. The van der Waals surface area contributed by atoms with Crippen LogP contribution in [0, 0.1) is 13.8 Å². The van der Waals surface area contributed by atoms with E-state index >= 15 is 0 Å². The third-order valence-corrected chi connectivity index (χ3v) is 4.62. The van der Waals surface area contributed by atoms with Crippen molar-refractivity contribution in [2.45, 2.75) is 32.7 Å². The van der Waals surface area contributed by atoms with E-state index in [1.165, 1.54) is 0 Å². The predicted octanol–water partition coefficient (Wildman–Crippen LogP) is 2.15. The molecule has 0 unspecified atom stereocenters. The highest BCUT2D eigenvalue weighted by Gasteiger charge is 2.34. The highest BCUT2D eigenvalue weighted by atomic mass is 32.1. The molecule has 0 bridgehead atoms. The predicted molar refractivity (Wildman–Crippen MR) is 82.1 cm³/mol. The van der Waals surface area contributed by atoms with E-state index in [1.807, 2.05) is 29.9 Å². The fraction of sp³-hybridized carbons (Fsp3) is 0.467. The Hall–Kier alpha value is -1.66. The van der Waals surface area contributed by atoms with Crippen LogP contribution in [-0.4, -0.2) is 44.7 Å². The molecule has 0 spiro atoms. The molecule has 0 atom stereocenters. The third kappa shape index (κ3) is 2.61. The van der Waals surface area contributed by atoms with Crippen LogP contribution in [0.4, 0.5) is 0 Å². The normalized spacial score (nSPS) is 14.4. The Morgan fingerprint density at radius 1 is 1.52 bits per heavy atom. The molecular weight excluding hydrogens is 286 g/mol. The number of hydrogen-bond donors (Lipinski definition) is 1. The number of aryl methyl sites for hydroxylation is 1. The van der Waals surface area contributed by atoms with Crippen LogP contribution < -0.4 is 0 Å². The summed E-state index contributed by atoms with van der Waals surface area (Å²) in [6, 6.07) is 2.22. The number of aliphatic hydroxyl groups excluding tert-OH is 1. The van der Waals surface area contributed by atoms with Crippen LogP contribution in [0.3, 0.4) is 0 Å². The SMILES string of the molecule is Cc1cc(C(=O)N(CCO)C2CC2)c(C)n1-c1nccs1. The van der Waals surface area contributed by atoms with Gasteiger partial charge < -0.3 is 10.0 Å². The highest BCUT2D eigenvalue weighted by Crippen LogP contribution is 2.30. The van der Waals surface area contributed by atoms with Gasteiger partial charge in [0.05, 0.1) is 12.2 Å². The molecule has 1 amide bonds. The zero-order chi connectivity index (χ0) is 15.0. The molecule has 0 saturated heterocycles. The maximum absolute atomic E-state index is 12.8. The smallest absolute Gasteiger partial charge is 0.256 e. The minimum atomic E-state index is 0.00740. The molecule has 6 heteroatoms. The number of nitrogens with zero attached hydrogens (tertiary/aromatic N) is 3. The zero-order valence-corrected chi connectivity index (χ0v) is 13.1. The summed E-state index contributed by atoms with van der Waals surface area (Å²) in [6.45, 7) is 4.35. The molecule has 1 N–H and O–H groups in total. The Balaban J connectivity index is 1.95.